The number of quaternary nitrogens is 2. The highest BCUT2D eigenvalue weighted by Crippen LogP contribution is 2.39. The predicted molar refractivity (Wildman–Crippen MR) is 90.8 cm³/mol. The summed E-state index contributed by atoms with van der Waals surface area (Å²) in [5.41, 5.74) is 1.22. The normalized spacial score (nSPS) is 24.4. The molecule has 1 aromatic carbocycles. The van der Waals surface area contributed by atoms with Crippen LogP contribution in [0.4, 0.5) is 0 Å². The van der Waals surface area contributed by atoms with E-state index in [4.69, 9.17) is 9.15 Å². The van der Waals surface area contributed by atoms with Gasteiger partial charge < -0.3 is 24.1 Å². The highest BCUT2D eigenvalue weighted by Gasteiger charge is 2.33. The highest BCUT2D eigenvalue weighted by atomic mass is 16.5. The number of Topliss-reactive ketones (excluding diaryl/α,β-unsaturated/α-hetero) is 1. The maximum absolute atomic E-state index is 12.6. The Balaban J connectivity index is 1.62. The first kappa shape index (κ1) is 15.9. The van der Waals surface area contributed by atoms with Crippen molar-refractivity contribution < 1.29 is 28.9 Å². The van der Waals surface area contributed by atoms with Crippen molar-refractivity contribution in [2.75, 3.05) is 33.2 Å². The average Bonchev–Trinajstić information content (AvgIpc) is 3.22. The Hall–Kier alpha value is -2.57. The number of aromatic hydroxyl groups is 1. The summed E-state index contributed by atoms with van der Waals surface area (Å²) in [5.74, 6) is 1.29. The van der Waals surface area contributed by atoms with Gasteiger partial charge in [-0.05, 0) is 24.3 Å². The fourth-order valence-electron chi connectivity index (χ4n) is 3.43. The number of ether oxygens (including phenoxy) is 1. The van der Waals surface area contributed by atoms with Crippen molar-refractivity contribution in [3.05, 3.63) is 53.2 Å². The summed E-state index contributed by atoms with van der Waals surface area (Å²) < 4.78 is 11.1. The molecule has 2 aliphatic heterocycles. The van der Waals surface area contributed by atoms with Crippen molar-refractivity contribution in [3.63, 3.8) is 0 Å². The molecule has 25 heavy (non-hydrogen) atoms. The molecule has 1 fully saturated rings. The number of furan rings is 1. The summed E-state index contributed by atoms with van der Waals surface area (Å²) >= 11 is 0. The molecule has 0 saturated carbocycles. The maximum Gasteiger partial charge on any atom is 0.232 e. The number of carbonyl (C=O) groups excluding carboxylic acids is 1. The number of carbonyl (C=O) groups is 1. The Labute approximate surface area is 145 Å². The van der Waals surface area contributed by atoms with Crippen LogP contribution in [0.25, 0.3) is 6.08 Å². The van der Waals surface area contributed by atoms with Crippen LogP contribution in [0, 0.1) is 0 Å². The van der Waals surface area contributed by atoms with Crippen molar-refractivity contribution in [3.8, 4) is 11.5 Å². The van der Waals surface area contributed by atoms with Crippen LogP contribution in [0.5, 0.6) is 11.5 Å². The molecule has 4 rings (SSSR count). The molecule has 0 bridgehead atoms. The van der Waals surface area contributed by atoms with Crippen molar-refractivity contribution in [1.82, 2.24) is 0 Å². The van der Waals surface area contributed by atoms with Gasteiger partial charge in [0.2, 0.25) is 5.78 Å². The number of ketones is 1. The molecule has 0 radical (unpaired) electrons. The van der Waals surface area contributed by atoms with E-state index in [1.54, 1.807) is 36.6 Å². The van der Waals surface area contributed by atoms with Crippen LogP contribution in [0.15, 0.2) is 40.7 Å². The molecule has 1 saturated heterocycles. The lowest BCUT2D eigenvalue weighted by Crippen LogP contribution is -3.26. The molecule has 3 heterocycles. The van der Waals surface area contributed by atoms with Crippen molar-refractivity contribution in [2.45, 2.75) is 6.54 Å². The molecular formula is C19H22N2O4+2. The Morgan fingerprint density at radius 1 is 1.20 bits per heavy atom. The summed E-state index contributed by atoms with van der Waals surface area (Å²) in [6.07, 6.45) is 3.14. The first-order valence-electron chi connectivity index (χ1n) is 8.59. The lowest BCUT2D eigenvalue weighted by Gasteiger charge is -2.27. The number of piperazine rings is 1. The number of phenolic OH excluding ortho intramolecular Hbond substituents is 1. The van der Waals surface area contributed by atoms with Crippen LogP contribution in [0.1, 0.15) is 21.7 Å². The molecule has 0 atom stereocenters. The Bertz CT molecular complexity index is 818. The van der Waals surface area contributed by atoms with Gasteiger partial charge in [-0.2, -0.15) is 0 Å². The van der Waals surface area contributed by atoms with Crippen molar-refractivity contribution in [2.24, 2.45) is 0 Å². The number of rotatable bonds is 3. The molecule has 3 N–H and O–H groups in total. The second-order valence-electron chi connectivity index (χ2n) is 6.78. The number of likely N-dealkylation sites (N-methyl/N-ethyl adjacent to an activating group) is 1. The van der Waals surface area contributed by atoms with Crippen molar-refractivity contribution in [1.29, 1.82) is 0 Å². The molecule has 0 amide bonds. The second kappa shape index (κ2) is 6.38. The molecule has 0 spiro atoms. The standard InChI is InChI=1S/C19H20N2O4/c1-20-6-8-21(9-7-20)12-15-16(22)5-4-14-18(23)17(25-19(14)15)11-13-3-2-10-24-13/h2-5,10-11,22H,6-9,12H2,1H3/p+2/b17-11+. The Morgan fingerprint density at radius 2 is 2.00 bits per heavy atom. The zero-order valence-corrected chi connectivity index (χ0v) is 14.2. The van der Waals surface area contributed by atoms with Gasteiger partial charge in [0.05, 0.1) is 24.4 Å². The van der Waals surface area contributed by atoms with Gasteiger partial charge >= 0.3 is 0 Å². The van der Waals surface area contributed by atoms with E-state index < -0.39 is 0 Å². The summed E-state index contributed by atoms with van der Waals surface area (Å²) in [6.45, 7) is 4.95. The first-order valence-corrected chi connectivity index (χ1v) is 8.59. The Morgan fingerprint density at radius 3 is 2.72 bits per heavy atom. The zero-order valence-electron chi connectivity index (χ0n) is 14.2. The van der Waals surface area contributed by atoms with Crippen LogP contribution in [0.3, 0.4) is 0 Å². The Kier molecular flexibility index (Phi) is 4.07. The molecule has 0 unspecified atom stereocenters. The van der Waals surface area contributed by atoms with E-state index in [0.717, 1.165) is 26.2 Å². The molecular weight excluding hydrogens is 320 g/mol. The third-order valence-electron chi connectivity index (χ3n) is 4.97. The summed E-state index contributed by atoms with van der Waals surface area (Å²) in [7, 11) is 2.20. The third-order valence-corrected chi connectivity index (χ3v) is 4.97. The zero-order chi connectivity index (χ0) is 17.4. The maximum atomic E-state index is 12.6. The van der Waals surface area contributed by atoms with Crippen LogP contribution in [0.2, 0.25) is 0 Å². The van der Waals surface area contributed by atoms with Gasteiger partial charge in [-0.15, -0.1) is 0 Å². The molecule has 2 aliphatic rings. The van der Waals surface area contributed by atoms with Crippen LogP contribution < -0.4 is 14.5 Å². The number of nitrogens with one attached hydrogen (secondary N) is 2. The van der Waals surface area contributed by atoms with E-state index in [2.05, 4.69) is 7.05 Å². The van der Waals surface area contributed by atoms with Crippen LogP contribution in [-0.2, 0) is 6.54 Å². The monoisotopic (exact) mass is 342 g/mol. The number of hydrogen-bond donors (Lipinski definition) is 3. The molecule has 2 aromatic rings. The van der Waals surface area contributed by atoms with Crippen LogP contribution in [-0.4, -0.2) is 44.1 Å². The number of phenols is 1. The lowest BCUT2D eigenvalue weighted by molar-refractivity contribution is -1.01. The first-order chi connectivity index (χ1) is 12.1. The average molecular weight is 342 g/mol. The molecule has 130 valence electrons. The number of benzene rings is 1. The van der Waals surface area contributed by atoms with Gasteiger partial charge in [0.25, 0.3) is 0 Å². The van der Waals surface area contributed by atoms with Crippen molar-refractivity contribution >= 4 is 11.9 Å². The SMILES string of the molecule is C[NH+]1CC[NH+](Cc2c(O)ccc3c2O/C(=C/c2ccco2)C3=O)CC1. The highest BCUT2D eigenvalue weighted by molar-refractivity contribution is 6.14. The molecule has 1 aromatic heterocycles. The quantitative estimate of drug-likeness (QED) is 0.659. The number of allylic oxidation sites excluding steroid dienone is 1. The third kappa shape index (κ3) is 3.06. The van der Waals surface area contributed by atoms with Gasteiger partial charge in [0.1, 0.15) is 44.2 Å². The number of hydrogen-bond acceptors (Lipinski definition) is 4. The summed E-state index contributed by atoms with van der Waals surface area (Å²) in [5, 5.41) is 10.3. The predicted octanol–water partition coefficient (Wildman–Crippen LogP) is -0.485. The van der Waals surface area contributed by atoms with E-state index >= 15 is 0 Å². The van der Waals surface area contributed by atoms with Gasteiger partial charge in [0.15, 0.2) is 11.5 Å². The minimum atomic E-state index is -0.175. The second-order valence-corrected chi connectivity index (χ2v) is 6.78. The van der Waals surface area contributed by atoms with Gasteiger partial charge in [0, 0.05) is 6.08 Å². The topological polar surface area (TPSA) is 68.6 Å². The number of fused-ring (bicyclic) bond motifs is 1. The fraction of sp³-hybridized carbons (Fsp3) is 0.316. The molecule has 6 nitrogen and oxygen atoms in total. The van der Waals surface area contributed by atoms with E-state index in [1.807, 2.05) is 0 Å². The van der Waals surface area contributed by atoms with E-state index in [0.29, 0.717) is 29.2 Å². The van der Waals surface area contributed by atoms with Gasteiger partial charge in [-0.25, -0.2) is 0 Å². The van der Waals surface area contributed by atoms with E-state index in [1.165, 1.54) is 9.80 Å². The minimum Gasteiger partial charge on any atom is -0.507 e. The van der Waals surface area contributed by atoms with E-state index in [9.17, 15) is 9.90 Å². The lowest BCUT2D eigenvalue weighted by atomic mass is 10.0. The smallest absolute Gasteiger partial charge is 0.232 e. The summed E-state index contributed by atoms with van der Waals surface area (Å²) in [6, 6.07) is 6.74. The van der Waals surface area contributed by atoms with Gasteiger partial charge in [-0.3, -0.25) is 4.79 Å². The minimum absolute atomic E-state index is 0.175. The van der Waals surface area contributed by atoms with Crippen LogP contribution >= 0.6 is 0 Å². The van der Waals surface area contributed by atoms with E-state index in [-0.39, 0.29) is 17.3 Å². The van der Waals surface area contributed by atoms with Gasteiger partial charge in [-0.1, -0.05) is 0 Å². The molecule has 6 heteroatoms. The molecule has 0 aliphatic carbocycles. The largest absolute Gasteiger partial charge is 0.507 e. The fourth-order valence-corrected chi connectivity index (χ4v) is 3.43. The summed E-state index contributed by atoms with van der Waals surface area (Å²) in [4.78, 5) is 15.5.